The zero-order valence-electron chi connectivity index (χ0n) is 17.8. The van der Waals surface area contributed by atoms with Crippen molar-refractivity contribution in [3.05, 3.63) is 42.5 Å². The van der Waals surface area contributed by atoms with E-state index in [4.69, 9.17) is 0 Å². The van der Waals surface area contributed by atoms with Gasteiger partial charge in [0.05, 0.1) is 6.04 Å². The Hall–Kier alpha value is -2.37. The molecule has 3 aromatic rings. The Kier molecular flexibility index (Phi) is 5.88. The smallest absolute Gasteiger partial charge is 0.241 e. The fourth-order valence-corrected chi connectivity index (χ4v) is 4.58. The number of hydrogen-bond donors (Lipinski definition) is 1. The minimum absolute atomic E-state index is 0.0764. The Morgan fingerprint density at radius 1 is 1.00 bits per heavy atom. The van der Waals surface area contributed by atoms with Crippen molar-refractivity contribution in [3.63, 3.8) is 0 Å². The lowest BCUT2D eigenvalue weighted by molar-refractivity contribution is -0.121. The van der Waals surface area contributed by atoms with E-state index >= 15 is 0 Å². The number of nitrogens with one attached hydrogen (secondary N) is 1. The van der Waals surface area contributed by atoms with Crippen molar-refractivity contribution in [1.82, 2.24) is 14.4 Å². The molecule has 29 heavy (non-hydrogen) atoms. The van der Waals surface area contributed by atoms with E-state index in [1.165, 1.54) is 28.2 Å². The van der Waals surface area contributed by atoms with Gasteiger partial charge in [-0.1, -0.05) is 25.1 Å². The maximum absolute atomic E-state index is 12.9. The highest BCUT2D eigenvalue weighted by molar-refractivity contribution is 6.10. The Labute approximate surface area is 173 Å². The molecule has 154 valence electrons. The summed E-state index contributed by atoms with van der Waals surface area (Å²) in [4.78, 5) is 17.7. The van der Waals surface area contributed by atoms with Gasteiger partial charge in [0.1, 0.15) is 0 Å². The van der Waals surface area contributed by atoms with Crippen LogP contribution in [0.5, 0.6) is 0 Å². The molecule has 1 aliphatic rings. The lowest BCUT2D eigenvalue weighted by Gasteiger charge is -2.37. The number of carbonyl (C=O) groups excluding carboxylic acids is 1. The van der Waals surface area contributed by atoms with Crippen molar-refractivity contribution < 1.29 is 4.79 Å². The topological polar surface area (TPSA) is 40.5 Å². The summed E-state index contributed by atoms with van der Waals surface area (Å²) in [6.45, 7) is 12.5. The van der Waals surface area contributed by atoms with E-state index in [2.05, 4.69) is 69.9 Å². The number of amides is 1. The summed E-state index contributed by atoms with van der Waals surface area (Å²) in [5.74, 6) is 0.0764. The minimum Gasteiger partial charge on any atom is -0.341 e. The first kappa shape index (κ1) is 19.9. The van der Waals surface area contributed by atoms with Crippen LogP contribution in [0.3, 0.4) is 0 Å². The number of hydrogen-bond acceptors (Lipinski definition) is 3. The summed E-state index contributed by atoms with van der Waals surface area (Å²) in [7, 11) is 0. The van der Waals surface area contributed by atoms with E-state index in [1.807, 2.05) is 13.0 Å². The SMILES string of the molecule is CCCN1CCN([C@H](C)C(=O)Nc2ccc3c(c2)c2ccccc2n3CC)CC1. The molecular formula is C24H32N4O. The van der Waals surface area contributed by atoms with Gasteiger partial charge >= 0.3 is 0 Å². The second-order valence-electron chi connectivity index (χ2n) is 8.04. The van der Waals surface area contributed by atoms with Crippen molar-refractivity contribution >= 4 is 33.4 Å². The van der Waals surface area contributed by atoms with E-state index in [9.17, 15) is 4.79 Å². The number of carbonyl (C=O) groups is 1. The first-order chi connectivity index (χ1) is 14.1. The maximum Gasteiger partial charge on any atom is 0.241 e. The fourth-order valence-electron chi connectivity index (χ4n) is 4.58. The maximum atomic E-state index is 12.9. The number of aryl methyl sites for hydroxylation is 1. The number of nitrogens with zero attached hydrogens (tertiary/aromatic N) is 3. The Morgan fingerprint density at radius 3 is 2.45 bits per heavy atom. The normalized spacial score (nSPS) is 17.1. The molecule has 2 aromatic carbocycles. The number of para-hydroxylation sites is 1. The van der Waals surface area contributed by atoms with Crippen LogP contribution in [0.2, 0.25) is 0 Å². The fraction of sp³-hybridized carbons (Fsp3) is 0.458. The summed E-state index contributed by atoms with van der Waals surface area (Å²) in [5, 5.41) is 5.59. The molecule has 0 saturated carbocycles. The van der Waals surface area contributed by atoms with Gasteiger partial charge in [0.25, 0.3) is 0 Å². The third-order valence-corrected chi connectivity index (χ3v) is 6.23. The molecule has 5 nitrogen and oxygen atoms in total. The average Bonchev–Trinajstić information content (AvgIpc) is 3.07. The number of piperazine rings is 1. The van der Waals surface area contributed by atoms with Crippen LogP contribution in [-0.2, 0) is 11.3 Å². The van der Waals surface area contributed by atoms with Crippen LogP contribution in [0.25, 0.3) is 21.8 Å². The lowest BCUT2D eigenvalue weighted by atomic mass is 10.1. The summed E-state index contributed by atoms with van der Waals surface area (Å²) in [6, 6.07) is 14.6. The highest BCUT2D eigenvalue weighted by Crippen LogP contribution is 2.31. The molecule has 0 unspecified atom stereocenters. The molecule has 1 saturated heterocycles. The molecule has 4 rings (SSSR count). The average molecular weight is 393 g/mol. The summed E-state index contributed by atoms with van der Waals surface area (Å²) in [6.07, 6.45) is 1.19. The van der Waals surface area contributed by atoms with Crippen molar-refractivity contribution in [1.29, 1.82) is 0 Å². The van der Waals surface area contributed by atoms with Gasteiger partial charge < -0.3 is 14.8 Å². The second kappa shape index (κ2) is 8.56. The Morgan fingerprint density at radius 2 is 1.72 bits per heavy atom. The first-order valence-electron chi connectivity index (χ1n) is 10.9. The van der Waals surface area contributed by atoms with Crippen LogP contribution in [0.4, 0.5) is 5.69 Å². The molecule has 1 N–H and O–H groups in total. The van der Waals surface area contributed by atoms with Gasteiger partial charge in [-0.3, -0.25) is 9.69 Å². The van der Waals surface area contributed by atoms with Crippen LogP contribution in [-0.4, -0.2) is 59.0 Å². The van der Waals surface area contributed by atoms with Crippen LogP contribution in [0.1, 0.15) is 27.2 Å². The van der Waals surface area contributed by atoms with E-state index in [-0.39, 0.29) is 11.9 Å². The van der Waals surface area contributed by atoms with Gasteiger partial charge in [-0.2, -0.15) is 0 Å². The van der Waals surface area contributed by atoms with Gasteiger partial charge in [-0.25, -0.2) is 0 Å². The van der Waals surface area contributed by atoms with Gasteiger partial charge in [0, 0.05) is 60.2 Å². The summed E-state index contributed by atoms with van der Waals surface area (Å²) >= 11 is 0. The molecule has 1 fully saturated rings. The molecule has 1 aliphatic heterocycles. The van der Waals surface area contributed by atoms with Crippen LogP contribution >= 0.6 is 0 Å². The number of aromatic nitrogens is 1. The van der Waals surface area contributed by atoms with E-state index in [0.29, 0.717) is 0 Å². The van der Waals surface area contributed by atoms with Crippen molar-refractivity contribution in [2.75, 3.05) is 38.0 Å². The summed E-state index contributed by atoms with van der Waals surface area (Å²) in [5.41, 5.74) is 3.33. The highest BCUT2D eigenvalue weighted by atomic mass is 16.2. The molecule has 0 spiro atoms. The number of fused-ring (bicyclic) bond motifs is 3. The van der Waals surface area contributed by atoms with Gasteiger partial charge in [-0.05, 0) is 51.1 Å². The number of anilines is 1. The van der Waals surface area contributed by atoms with Gasteiger partial charge in [0.2, 0.25) is 5.91 Å². The van der Waals surface area contributed by atoms with Crippen LogP contribution < -0.4 is 5.32 Å². The zero-order chi connectivity index (χ0) is 20.4. The molecule has 1 amide bonds. The van der Waals surface area contributed by atoms with Crippen molar-refractivity contribution in [2.45, 2.75) is 39.8 Å². The lowest BCUT2D eigenvalue weighted by Crippen LogP contribution is -2.52. The zero-order valence-corrected chi connectivity index (χ0v) is 17.8. The molecule has 0 bridgehead atoms. The standard InChI is InChI=1S/C24H32N4O/c1-4-12-26-13-15-27(16-14-26)18(3)24(29)25-19-10-11-23-21(17-19)20-8-6-7-9-22(20)28(23)5-2/h6-11,17-18H,4-5,12-16H2,1-3H3,(H,25,29)/t18-/m1/s1. The van der Waals surface area contributed by atoms with Gasteiger partial charge in [0.15, 0.2) is 0 Å². The predicted molar refractivity (Wildman–Crippen MR) is 122 cm³/mol. The second-order valence-corrected chi connectivity index (χ2v) is 8.04. The van der Waals surface area contributed by atoms with E-state index < -0.39 is 0 Å². The van der Waals surface area contributed by atoms with Crippen molar-refractivity contribution in [2.24, 2.45) is 0 Å². The molecule has 5 heteroatoms. The van der Waals surface area contributed by atoms with Crippen LogP contribution in [0, 0.1) is 0 Å². The van der Waals surface area contributed by atoms with Gasteiger partial charge in [-0.15, -0.1) is 0 Å². The Balaban J connectivity index is 1.50. The molecular weight excluding hydrogens is 360 g/mol. The molecule has 0 aliphatic carbocycles. The van der Waals surface area contributed by atoms with Crippen LogP contribution in [0.15, 0.2) is 42.5 Å². The molecule has 2 heterocycles. The first-order valence-corrected chi connectivity index (χ1v) is 10.9. The van der Waals surface area contributed by atoms with Crippen molar-refractivity contribution in [3.8, 4) is 0 Å². The molecule has 1 atom stereocenters. The highest BCUT2D eigenvalue weighted by Gasteiger charge is 2.25. The minimum atomic E-state index is -0.119. The summed E-state index contributed by atoms with van der Waals surface area (Å²) < 4.78 is 2.33. The quantitative estimate of drug-likeness (QED) is 0.684. The Bertz CT molecular complexity index is 1000. The van der Waals surface area contributed by atoms with E-state index in [1.54, 1.807) is 0 Å². The predicted octanol–water partition coefficient (Wildman–Crippen LogP) is 4.17. The molecule has 1 aromatic heterocycles. The number of benzene rings is 2. The number of rotatable bonds is 6. The third kappa shape index (κ3) is 3.89. The largest absolute Gasteiger partial charge is 0.341 e. The monoisotopic (exact) mass is 392 g/mol. The van der Waals surface area contributed by atoms with E-state index in [0.717, 1.165) is 45.0 Å². The third-order valence-electron chi connectivity index (χ3n) is 6.23. The molecule has 0 radical (unpaired) electrons.